The Morgan fingerprint density at radius 3 is 2.17 bits per heavy atom. The van der Waals surface area contributed by atoms with Crippen LogP contribution in [0.3, 0.4) is 0 Å². The zero-order valence-corrected chi connectivity index (χ0v) is 15.2. The molecule has 0 radical (unpaired) electrons. The van der Waals surface area contributed by atoms with Gasteiger partial charge in [-0.05, 0) is 24.8 Å². The van der Waals surface area contributed by atoms with Crippen LogP contribution in [0.4, 0.5) is 13.2 Å². The number of hydrogen-bond acceptors (Lipinski definition) is 2. The second-order valence-electron chi connectivity index (χ2n) is 6.39. The van der Waals surface area contributed by atoms with Gasteiger partial charge in [-0.15, -0.1) is 24.8 Å². The number of nitrogens with one attached hydrogen (secondary N) is 1. The molecule has 0 unspecified atom stereocenters. The SMILES string of the molecule is Cl.Cl.Fc1ccc([C@@H](C2CCCCC2)N2CCNCC2)c(F)c1F. The summed E-state index contributed by atoms with van der Waals surface area (Å²) in [5.41, 5.74) is 0.327. The van der Waals surface area contributed by atoms with E-state index in [-0.39, 0.29) is 30.9 Å². The number of piperazine rings is 1. The molecule has 0 bridgehead atoms. The number of halogens is 5. The van der Waals surface area contributed by atoms with Gasteiger partial charge in [0.15, 0.2) is 17.5 Å². The van der Waals surface area contributed by atoms with Gasteiger partial charge in [0.2, 0.25) is 0 Å². The van der Waals surface area contributed by atoms with Crippen molar-refractivity contribution < 1.29 is 13.2 Å². The fourth-order valence-electron chi connectivity index (χ4n) is 3.93. The molecule has 2 fully saturated rings. The quantitative estimate of drug-likeness (QED) is 0.773. The highest BCUT2D eigenvalue weighted by Crippen LogP contribution is 2.40. The van der Waals surface area contributed by atoms with Crippen molar-refractivity contribution in [2.24, 2.45) is 5.92 Å². The van der Waals surface area contributed by atoms with Gasteiger partial charge in [0.25, 0.3) is 0 Å². The molecule has 0 aromatic heterocycles. The maximum atomic E-state index is 14.4. The highest BCUT2D eigenvalue weighted by atomic mass is 35.5. The van der Waals surface area contributed by atoms with Crippen LogP contribution in [-0.4, -0.2) is 31.1 Å². The molecule has 1 N–H and O–H groups in total. The van der Waals surface area contributed by atoms with Crippen molar-refractivity contribution in [3.05, 3.63) is 35.1 Å². The van der Waals surface area contributed by atoms with E-state index in [9.17, 15) is 13.2 Å². The minimum absolute atomic E-state index is 0. The van der Waals surface area contributed by atoms with Gasteiger partial charge >= 0.3 is 0 Å². The van der Waals surface area contributed by atoms with Crippen molar-refractivity contribution in [3.63, 3.8) is 0 Å². The average Bonchev–Trinajstić information content (AvgIpc) is 2.57. The third kappa shape index (κ3) is 4.57. The summed E-state index contributed by atoms with van der Waals surface area (Å²) in [6.07, 6.45) is 5.56. The fraction of sp³-hybridized carbons (Fsp3) is 0.647. The number of hydrogen-bond donors (Lipinski definition) is 1. The smallest absolute Gasteiger partial charge is 0.194 e. The summed E-state index contributed by atoms with van der Waals surface area (Å²) in [5, 5.41) is 3.29. The molecule has 1 aliphatic carbocycles. The molecule has 24 heavy (non-hydrogen) atoms. The lowest BCUT2D eigenvalue weighted by Crippen LogP contribution is -2.47. The van der Waals surface area contributed by atoms with Crippen LogP contribution in [-0.2, 0) is 0 Å². The maximum absolute atomic E-state index is 14.4. The summed E-state index contributed by atoms with van der Waals surface area (Å²) in [6, 6.07) is 2.36. The van der Waals surface area contributed by atoms with E-state index in [1.165, 1.54) is 12.5 Å². The zero-order valence-electron chi connectivity index (χ0n) is 13.6. The van der Waals surface area contributed by atoms with E-state index in [2.05, 4.69) is 10.2 Å². The number of rotatable bonds is 3. The minimum atomic E-state index is -1.34. The van der Waals surface area contributed by atoms with Crippen molar-refractivity contribution in [2.45, 2.75) is 38.1 Å². The van der Waals surface area contributed by atoms with Gasteiger partial charge in [-0.2, -0.15) is 0 Å². The molecule has 2 nitrogen and oxygen atoms in total. The molecule has 0 spiro atoms. The van der Waals surface area contributed by atoms with Gasteiger partial charge in [-0.1, -0.05) is 25.3 Å². The Balaban J connectivity index is 0.00000144. The summed E-state index contributed by atoms with van der Waals surface area (Å²) in [4.78, 5) is 2.24. The summed E-state index contributed by atoms with van der Waals surface area (Å²) in [5.74, 6) is -3.13. The van der Waals surface area contributed by atoms with Crippen molar-refractivity contribution in [2.75, 3.05) is 26.2 Å². The minimum Gasteiger partial charge on any atom is -0.314 e. The Morgan fingerprint density at radius 2 is 1.54 bits per heavy atom. The molecule has 1 aromatic rings. The lowest BCUT2D eigenvalue weighted by Gasteiger charge is -2.41. The Morgan fingerprint density at radius 1 is 0.917 bits per heavy atom. The fourth-order valence-corrected chi connectivity index (χ4v) is 3.93. The van der Waals surface area contributed by atoms with E-state index in [1.807, 2.05) is 0 Å². The Hall–Kier alpha value is -0.490. The molecule has 1 aliphatic heterocycles. The molecule has 3 rings (SSSR count). The van der Waals surface area contributed by atoms with Crippen molar-refractivity contribution in [3.8, 4) is 0 Å². The molecule has 0 amide bonds. The maximum Gasteiger partial charge on any atom is 0.194 e. The molecular formula is C17H25Cl2F3N2. The van der Waals surface area contributed by atoms with Crippen molar-refractivity contribution in [1.29, 1.82) is 0 Å². The summed E-state index contributed by atoms with van der Waals surface area (Å²) < 4.78 is 41.3. The topological polar surface area (TPSA) is 15.3 Å². The highest BCUT2D eigenvalue weighted by Gasteiger charge is 2.33. The van der Waals surface area contributed by atoms with E-state index >= 15 is 0 Å². The molecule has 1 heterocycles. The van der Waals surface area contributed by atoms with Gasteiger partial charge < -0.3 is 5.32 Å². The zero-order chi connectivity index (χ0) is 15.5. The average molecular weight is 385 g/mol. The molecule has 1 saturated carbocycles. The summed E-state index contributed by atoms with van der Waals surface area (Å²) >= 11 is 0. The van der Waals surface area contributed by atoms with Crippen LogP contribution in [0.25, 0.3) is 0 Å². The van der Waals surface area contributed by atoms with Crippen LogP contribution in [0.1, 0.15) is 43.7 Å². The third-order valence-corrected chi connectivity index (χ3v) is 5.03. The van der Waals surface area contributed by atoms with Crippen molar-refractivity contribution in [1.82, 2.24) is 10.2 Å². The lowest BCUT2D eigenvalue weighted by atomic mass is 9.80. The highest BCUT2D eigenvalue weighted by molar-refractivity contribution is 5.85. The van der Waals surface area contributed by atoms with Crippen LogP contribution >= 0.6 is 24.8 Å². The molecule has 1 saturated heterocycles. The van der Waals surface area contributed by atoms with Crippen LogP contribution in [0.2, 0.25) is 0 Å². The first-order valence-electron chi connectivity index (χ1n) is 8.26. The van der Waals surface area contributed by atoms with Gasteiger partial charge in [0.05, 0.1) is 0 Å². The third-order valence-electron chi connectivity index (χ3n) is 5.03. The van der Waals surface area contributed by atoms with E-state index in [0.717, 1.165) is 57.9 Å². The largest absolute Gasteiger partial charge is 0.314 e. The second-order valence-corrected chi connectivity index (χ2v) is 6.39. The van der Waals surface area contributed by atoms with Crippen LogP contribution in [0.5, 0.6) is 0 Å². The van der Waals surface area contributed by atoms with E-state index in [1.54, 1.807) is 0 Å². The predicted octanol–water partition coefficient (Wildman–Crippen LogP) is 4.47. The number of nitrogens with zero attached hydrogens (tertiary/aromatic N) is 1. The summed E-state index contributed by atoms with van der Waals surface area (Å²) in [6.45, 7) is 3.35. The van der Waals surface area contributed by atoms with Gasteiger partial charge in [0, 0.05) is 37.8 Å². The van der Waals surface area contributed by atoms with E-state index in [0.29, 0.717) is 11.5 Å². The number of benzene rings is 1. The monoisotopic (exact) mass is 384 g/mol. The first kappa shape index (κ1) is 21.6. The van der Waals surface area contributed by atoms with Gasteiger partial charge in [0.1, 0.15) is 0 Å². The lowest BCUT2D eigenvalue weighted by molar-refractivity contribution is 0.0998. The van der Waals surface area contributed by atoms with Gasteiger partial charge in [-0.25, -0.2) is 13.2 Å². The van der Waals surface area contributed by atoms with Gasteiger partial charge in [-0.3, -0.25) is 4.90 Å². The molecular weight excluding hydrogens is 360 g/mol. The van der Waals surface area contributed by atoms with E-state index in [4.69, 9.17) is 0 Å². The second kappa shape index (κ2) is 9.85. The molecule has 1 atom stereocenters. The molecule has 2 aliphatic rings. The predicted molar refractivity (Wildman–Crippen MR) is 94.6 cm³/mol. The Bertz CT molecular complexity index is 501. The molecule has 1 aromatic carbocycles. The van der Waals surface area contributed by atoms with Crippen molar-refractivity contribution >= 4 is 24.8 Å². The standard InChI is InChI=1S/C17H23F3N2.2ClH/c18-14-7-6-13(15(19)16(14)20)17(12-4-2-1-3-5-12)22-10-8-21-9-11-22;;/h6-7,12,17,21H,1-5,8-11H2;2*1H/t17-;;/m1../s1. The first-order chi connectivity index (χ1) is 10.7. The van der Waals surface area contributed by atoms with Crippen LogP contribution < -0.4 is 5.32 Å². The van der Waals surface area contributed by atoms with E-state index < -0.39 is 17.5 Å². The Labute approximate surface area is 154 Å². The Kier molecular flexibility index (Phi) is 8.85. The first-order valence-corrected chi connectivity index (χ1v) is 8.26. The van der Waals surface area contributed by atoms with Crippen LogP contribution in [0, 0.1) is 23.4 Å². The molecule has 138 valence electrons. The normalized spacial score (nSPS) is 20.8. The molecule has 7 heteroatoms. The van der Waals surface area contributed by atoms with Crippen LogP contribution in [0.15, 0.2) is 12.1 Å². The summed E-state index contributed by atoms with van der Waals surface area (Å²) in [7, 11) is 0.